The number of hydrogen-bond acceptors (Lipinski definition) is 5. The molecule has 0 unspecified atom stereocenters. The van der Waals surface area contributed by atoms with E-state index in [1.807, 2.05) is 36.4 Å². The molecule has 5 nitrogen and oxygen atoms in total. The number of carbonyl (C=O) groups is 1. The number of benzene rings is 1. The minimum absolute atomic E-state index is 0.0521. The Morgan fingerprint density at radius 1 is 1.12 bits per heavy atom. The van der Waals surface area contributed by atoms with Crippen molar-refractivity contribution < 1.29 is 9.90 Å². The van der Waals surface area contributed by atoms with Crippen molar-refractivity contribution in [3.63, 3.8) is 0 Å². The maximum atomic E-state index is 12.5. The summed E-state index contributed by atoms with van der Waals surface area (Å²) in [7, 11) is 0. The zero-order valence-electron chi connectivity index (χ0n) is 14.1. The lowest BCUT2D eigenvalue weighted by Gasteiger charge is -2.21. The summed E-state index contributed by atoms with van der Waals surface area (Å²) < 4.78 is 0. The summed E-state index contributed by atoms with van der Waals surface area (Å²) in [6.45, 7) is 3.19. The first kappa shape index (κ1) is 17.9. The molecule has 1 atom stereocenters. The number of pyridine rings is 1. The molecule has 0 bridgehead atoms. The number of nitrogens with zero attached hydrogens (tertiary/aromatic N) is 3. The van der Waals surface area contributed by atoms with Crippen molar-refractivity contribution in [3.8, 4) is 0 Å². The molecule has 0 saturated carbocycles. The number of amides is 1. The molecule has 3 rings (SSSR count). The van der Waals surface area contributed by atoms with E-state index < -0.39 is 6.10 Å². The van der Waals surface area contributed by atoms with E-state index in [9.17, 15) is 9.90 Å². The third-order valence-electron chi connectivity index (χ3n) is 4.17. The number of β-amino-alcohol motifs (C(OH)–C–C–N with tert-alkyl or cyclic N) is 1. The highest BCUT2D eigenvalue weighted by Crippen LogP contribution is 2.16. The molecule has 25 heavy (non-hydrogen) atoms. The lowest BCUT2D eigenvalue weighted by Crippen LogP contribution is -2.38. The molecular formula is C19H23N3O2S. The summed E-state index contributed by atoms with van der Waals surface area (Å²) in [5.74, 6) is 0.402. The molecule has 0 spiro atoms. The first-order chi connectivity index (χ1) is 12.2. The van der Waals surface area contributed by atoms with Crippen LogP contribution in [0.5, 0.6) is 0 Å². The summed E-state index contributed by atoms with van der Waals surface area (Å²) in [4.78, 5) is 20.7. The van der Waals surface area contributed by atoms with Crippen LogP contribution in [0.25, 0.3) is 0 Å². The summed E-state index contributed by atoms with van der Waals surface area (Å²) in [5, 5.41) is 11.1. The molecule has 6 heteroatoms. The van der Waals surface area contributed by atoms with Gasteiger partial charge in [-0.25, -0.2) is 4.98 Å². The third kappa shape index (κ3) is 5.56. The van der Waals surface area contributed by atoms with Gasteiger partial charge in [-0.05, 0) is 17.7 Å². The molecule has 1 aliphatic heterocycles. The Morgan fingerprint density at radius 3 is 2.68 bits per heavy atom. The Labute approximate surface area is 152 Å². The minimum atomic E-state index is -0.519. The van der Waals surface area contributed by atoms with Crippen LogP contribution in [0.2, 0.25) is 0 Å². The van der Waals surface area contributed by atoms with Gasteiger partial charge < -0.3 is 10.0 Å². The average Bonchev–Trinajstić information content (AvgIpc) is 2.82. The monoisotopic (exact) mass is 357 g/mol. The highest BCUT2D eigenvalue weighted by Gasteiger charge is 2.24. The van der Waals surface area contributed by atoms with Crippen molar-refractivity contribution in [2.75, 3.05) is 31.9 Å². The van der Waals surface area contributed by atoms with E-state index in [2.05, 4.69) is 22.0 Å². The van der Waals surface area contributed by atoms with E-state index in [-0.39, 0.29) is 5.91 Å². The van der Waals surface area contributed by atoms with E-state index in [4.69, 9.17) is 0 Å². The Hall–Kier alpha value is -1.89. The number of hydrogen-bond donors (Lipinski definition) is 1. The summed E-state index contributed by atoms with van der Waals surface area (Å²) in [6.07, 6.45) is 1.21. The van der Waals surface area contributed by atoms with E-state index >= 15 is 0 Å². The van der Waals surface area contributed by atoms with Crippen LogP contribution >= 0.6 is 11.8 Å². The van der Waals surface area contributed by atoms with E-state index in [1.54, 1.807) is 11.1 Å². The Balaban J connectivity index is 1.52. The number of carbonyl (C=O) groups excluding carboxylic acids is 1. The second kappa shape index (κ2) is 8.99. The molecule has 1 N–H and O–H groups in total. The molecule has 0 aliphatic carbocycles. The molecule has 1 aliphatic rings. The van der Waals surface area contributed by atoms with Crippen LogP contribution in [0.15, 0.2) is 59.8 Å². The first-order valence-electron chi connectivity index (χ1n) is 8.46. The van der Waals surface area contributed by atoms with Gasteiger partial charge in [0.15, 0.2) is 0 Å². The molecule has 2 heterocycles. The van der Waals surface area contributed by atoms with Crippen LogP contribution in [0.4, 0.5) is 0 Å². The Bertz CT molecular complexity index is 669. The largest absolute Gasteiger partial charge is 0.390 e. The first-order valence-corrected chi connectivity index (χ1v) is 9.45. The topological polar surface area (TPSA) is 56.7 Å². The van der Waals surface area contributed by atoms with Crippen molar-refractivity contribution in [3.05, 3.63) is 60.3 Å². The zero-order chi connectivity index (χ0) is 17.5. The van der Waals surface area contributed by atoms with Gasteiger partial charge in [-0.15, -0.1) is 0 Å². The van der Waals surface area contributed by atoms with Crippen molar-refractivity contribution in [1.29, 1.82) is 0 Å². The van der Waals surface area contributed by atoms with Crippen molar-refractivity contribution in [1.82, 2.24) is 14.8 Å². The number of rotatable bonds is 5. The van der Waals surface area contributed by atoms with E-state index in [0.29, 0.717) is 25.4 Å². The van der Waals surface area contributed by atoms with Gasteiger partial charge in [-0.1, -0.05) is 48.2 Å². The van der Waals surface area contributed by atoms with Crippen LogP contribution in [-0.4, -0.2) is 63.8 Å². The van der Waals surface area contributed by atoms with Gasteiger partial charge in [0.05, 0.1) is 16.9 Å². The summed E-state index contributed by atoms with van der Waals surface area (Å²) in [6, 6.07) is 15.9. The highest BCUT2D eigenvalue weighted by molar-refractivity contribution is 7.99. The quantitative estimate of drug-likeness (QED) is 0.828. The smallest absolute Gasteiger partial charge is 0.233 e. The minimum Gasteiger partial charge on any atom is -0.390 e. The lowest BCUT2D eigenvalue weighted by molar-refractivity contribution is -0.129. The number of aromatic nitrogens is 1. The number of aliphatic hydroxyl groups excluding tert-OH is 1. The van der Waals surface area contributed by atoms with Crippen LogP contribution in [0, 0.1) is 0 Å². The van der Waals surface area contributed by atoms with Crippen LogP contribution in [-0.2, 0) is 11.3 Å². The molecule has 2 aromatic rings. The normalized spacial score (nSPS) is 18.8. The van der Waals surface area contributed by atoms with Gasteiger partial charge >= 0.3 is 0 Å². The van der Waals surface area contributed by atoms with Gasteiger partial charge in [0.2, 0.25) is 5.91 Å². The number of aliphatic hydroxyl groups is 1. The zero-order valence-corrected chi connectivity index (χ0v) is 14.9. The highest BCUT2D eigenvalue weighted by atomic mass is 32.2. The maximum Gasteiger partial charge on any atom is 0.233 e. The molecular weight excluding hydrogens is 334 g/mol. The molecule has 0 radical (unpaired) electrons. The second-order valence-corrected chi connectivity index (χ2v) is 7.17. The molecule has 1 aromatic carbocycles. The number of thioether (sulfide) groups is 1. The van der Waals surface area contributed by atoms with Gasteiger partial charge in [-0.2, -0.15) is 0 Å². The van der Waals surface area contributed by atoms with Crippen molar-refractivity contribution >= 4 is 17.7 Å². The fraction of sp³-hybridized carbons (Fsp3) is 0.368. The molecule has 1 saturated heterocycles. The SMILES string of the molecule is O=C(CSc1ccccn1)N1CCN(Cc2ccccc2)C[C@H](O)C1. The van der Waals surface area contributed by atoms with Gasteiger partial charge in [0.1, 0.15) is 0 Å². The van der Waals surface area contributed by atoms with Gasteiger partial charge in [0.25, 0.3) is 0 Å². The fourth-order valence-electron chi connectivity index (χ4n) is 2.93. The van der Waals surface area contributed by atoms with Crippen LogP contribution in [0.3, 0.4) is 0 Å². The molecule has 132 valence electrons. The molecule has 1 fully saturated rings. The van der Waals surface area contributed by atoms with Gasteiger partial charge in [-0.3, -0.25) is 9.69 Å². The van der Waals surface area contributed by atoms with E-state index in [0.717, 1.165) is 18.1 Å². The average molecular weight is 357 g/mol. The second-order valence-electron chi connectivity index (χ2n) is 6.17. The van der Waals surface area contributed by atoms with E-state index in [1.165, 1.54) is 17.3 Å². The fourth-order valence-corrected chi connectivity index (χ4v) is 3.69. The Morgan fingerprint density at radius 2 is 1.92 bits per heavy atom. The van der Waals surface area contributed by atoms with Crippen LogP contribution < -0.4 is 0 Å². The summed E-state index contributed by atoms with van der Waals surface area (Å²) in [5.41, 5.74) is 1.22. The van der Waals surface area contributed by atoms with Crippen LogP contribution in [0.1, 0.15) is 5.56 Å². The molecule has 1 amide bonds. The predicted octanol–water partition coefficient (Wildman–Crippen LogP) is 1.88. The third-order valence-corrected chi connectivity index (χ3v) is 5.10. The van der Waals surface area contributed by atoms with Crippen molar-refractivity contribution in [2.24, 2.45) is 0 Å². The predicted molar refractivity (Wildman–Crippen MR) is 99.3 cm³/mol. The standard InChI is InChI=1S/C19H23N3O2S/c23-17-13-21(12-16-6-2-1-3-7-16)10-11-22(14-17)19(24)15-25-18-8-4-5-9-20-18/h1-9,17,23H,10-15H2/t17-/m0/s1. The maximum absolute atomic E-state index is 12.5. The molecule has 1 aromatic heterocycles. The lowest BCUT2D eigenvalue weighted by atomic mass is 10.2. The summed E-state index contributed by atoms with van der Waals surface area (Å²) >= 11 is 1.44. The van der Waals surface area contributed by atoms with Crippen molar-refractivity contribution in [2.45, 2.75) is 17.7 Å². The Kier molecular flexibility index (Phi) is 6.44. The van der Waals surface area contributed by atoms with Gasteiger partial charge in [0, 0.05) is 38.9 Å².